The number of hydrogen-bond acceptors (Lipinski definition) is 4. The minimum Gasteiger partial charge on any atom is -0.497 e. The minimum atomic E-state index is -2.86. The Hall–Kier alpha value is -1.85. The first-order chi connectivity index (χ1) is 12.0. The standard InChI is InChI=1S/C20H25NO3S/c1-3-21(19-10-11-25(22,23)15-19)14-16-6-4-7-17(12-16)18-8-5-9-20(13-18)24-2/h4-9,12-13,19H,3,10-11,14-15H2,1-2H3/t19-/m1/s1. The highest BCUT2D eigenvalue weighted by atomic mass is 32.2. The third kappa shape index (κ3) is 4.41. The van der Waals surface area contributed by atoms with Crippen molar-refractivity contribution in [3.63, 3.8) is 0 Å². The maximum Gasteiger partial charge on any atom is 0.151 e. The summed E-state index contributed by atoms with van der Waals surface area (Å²) in [7, 11) is -1.19. The van der Waals surface area contributed by atoms with Gasteiger partial charge in [-0.2, -0.15) is 0 Å². The van der Waals surface area contributed by atoms with E-state index in [-0.39, 0.29) is 11.8 Å². The summed E-state index contributed by atoms with van der Waals surface area (Å²) < 4.78 is 28.9. The molecule has 0 spiro atoms. The van der Waals surface area contributed by atoms with E-state index in [2.05, 4.69) is 42.2 Å². The monoisotopic (exact) mass is 359 g/mol. The van der Waals surface area contributed by atoms with Gasteiger partial charge in [-0.05, 0) is 47.9 Å². The first-order valence-corrected chi connectivity index (χ1v) is 10.5. The highest BCUT2D eigenvalue weighted by molar-refractivity contribution is 7.91. The lowest BCUT2D eigenvalue weighted by molar-refractivity contribution is 0.215. The molecule has 1 heterocycles. The van der Waals surface area contributed by atoms with Crippen LogP contribution < -0.4 is 4.74 Å². The first-order valence-electron chi connectivity index (χ1n) is 8.68. The topological polar surface area (TPSA) is 46.6 Å². The first kappa shape index (κ1) is 18.0. The van der Waals surface area contributed by atoms with Gasteiger partial charge in [-0.3, -0.25) is 4.90 Å². The fourth-order valence-corrected chi connectivity index (χ4v) is 5.21. The number of rotatable bonds is 6. The number of hydrogen-bond donors (Lipinski definition) is 0. The van der Waals surface area contributed by atoms with E-state index in [0.717, 1.165) is 36.4 Å². The molecular weight excluding hydrogens is 334 g/mol. The van der Waals surface area contributed by atoms with Crippen molar-refractivity contribution in [3.8, 4) is 16.9 Å². The lowest BCUT2D eigenvalue weighted by Gasteiger charge is -2.26. The molecule has 0 aliphatic carbocycles. The molecule has 2 aromatic rings. The zero-order chi connectivity index (χ0) is 17.9. The Labute approximate surface area is 150 Å². The summed E-state index contributed by atoms with van der Waals surface area (Å²) in [6.45, 7) is 3.72. The molecule has 25 heavy (non-hydrogen) atoms. The molecule has 1 saturated heterocycles. The molecule has 0 radical (unpaired) electrons. The van der Waals surface area contributed by atoms with Crippen molar-refractivity contribution < 1.29 is 13.2 Å². The van der Waals surface area contributed by atoms with Crippen LogP contribution in [0, 0.1) is 0 Å². The van der Waals surface area contributed by atoms with Crippen molar-refractivity contribution in [2.75, 3.05) is 25.2 Å². The number of nitrogens with zero attached hydrogens (tertiary/aromatic N) is 1. The molecule has 0 unspecified atom stereocenters. The number of sulfone groups is 1. The predicted octanol–water partition coefficient (Wildman–Crippen LogP) is 3.37. The number of ether oxygens (including phenoxy) is 1. The molecule has 1 fully saturated rings. The van der Waals surface area contributed by atoms with Gasteiger partial charge in [-0.25, -0.2) is 8.42 Å². The second kappa shape index (κ2) is 7.58. The van der Waals surface area contributed by atoms with E-state index < -0.39 is 9.84 Å². The predicted molar refractivity (Wildman–Crippen MR) is 102 cm³/mol. The van der Waals surface area contributed by atoms with Crippen LogP contribution in [-0.4, -0.2) is 44.5 Å². The summed E-state index contributed by atoms with van der Waals surface area (Å²) in [5.74, 6) is 1.45. The van der Waals surface area contributed by atoms with Gasteiger partial charge in [-0.1, -0.05) is 37.3 Å². The fraction of sp³-hybridized carbons (Fsp3) is 0.400. The normalized spacial score (nSPS) is 19.2. The van der Waals surface area contributed by atoms with Crippen LogP contribution in [-0.2, 0) is 16.4 Å². The second-order valence-corrected chi connectivity index (χ2v) is 8.78. The largest absolute Gasteiger partial charge is 0.497 e. The Morgan fingerprint density at radius 3 is 2.48 bits per heavy atom. The quantitative estimate of drug-likeness (QED) is 0.793. The van der Waals surface area contributed by atoms with E-state index in [1.807, 2.05) is 18.2 Å². The Morgan fingerprint density at radius 1 is 1.12 bits per heavy atom. The summed E-state index contributed by atoms with van der Waals surface area (Å²) in [5.41, 5.74) is 3.46. The second-order valence-electron chi connectivity index (χ2n) is 6.55. The maximum absolute atomic E-state index is 11.8. The minimum absolute atomic E-state index is 0.135. The summed E-state index contributed by atoms with van der Waals surface area (Å²) >= 11 is 0. The van der Waals surface area contributed by atoms with E-state index >= 15 is 0 Å². The zero-order valence-electron chi connectivity index (χ0n) is 14.8. The molecule has 4 nitrogen and oxygen atoms in total. The molecule has 134 valence electrons. The van der Waals surface area contributed by atoms with Crippen LogP contribution in [0.25, 0.3) is 11.1 Å². The average molecular weight is 359 g/mol. The summed E-state index contributed by atoms with van der Waals surface area (Å²) in [5, 5.41) is 0. The van der Waals surface area contributed by atoms with E-state index in [0.29, 0.717) is 5.75 Å². The third-order valence-corrected chi connectivity index (χ3v) is 6.60. The molecule has 0 N–H and O–H groups in total. The van der Waals surface area contributed by atoms with Gasteiger partial charge in [0, 0.05) is 12.6 Å². The summed E-state index contributed by atoms with van der Waals surface area (Å²) in [6.07, 6.45) is 0.742. The van der Waals surface area contributed by atoms with Gasteiger partial charge in [0.15, 0.2) is 9.84 Å². The molecule has 2 aromatic carbocycles. The highest BCUT2D eigenvalue weighted by Gasteiger charge is 2.31. The number of methoxy groups -OCH3 is 1. The molecular formula is C20H25NO3S. The van der Waals surface area contributed by atoms with Crippen LogP contribution >= 0.6 is 0 Å². The van der Waals surface area contributed by atoms with Crippen LogP contribution in [0.2, 0.25) is 0 Å². The van der Waals surface area contributed by atoms with Gasteiger partial charge in [0.25, 0.3) is 0 Å². The van der Waals surface area contributed by atoms with Gasteiger partial charge in [0.05, 0.1) is 18.6 Å². The van der Waals surface area contributed by atoms with Crippen LogP contribution in [0.15, 0.2) is 48.5 Å². The van der Waals surface area contributed by atoms with Crippen LogP contribution in [0.1, 0.15) is 18.9 Å². The molecule has 1 aliphatic rings. The highest BCUT2D eigenvalue weighted by Crippen LogP contribution is 2.26. The van der Waals surface area contributed by atoms with Crippen molar-refractivity contribution in [1.82, 2.24) is 4.90 Å². The molecule has 5 heteroatoms. The molecule has 1 atom stereocenters. The van der Waals surface area contributed by atoms with Crippen molar-refractivity contribution in [3.05, 3.63) is 54.1 Å². The van der Waals surface area contributed by atoms with Crippen LogP contribution in [0.3, 0.4) is 0 Å². The Bertz CT molecular complexity index is 832. The van der Waals surface area contributed by atoms with Gasteiger partial charge < -0.3 is 4.74 Å². The third-order valence-electron chi connectivity index (χ3n) is 4.85. The molecule has 3 rings (SSSR count). The molecule has 1 aliphatic heterocycles. The Kier molecular flexibility index (Phi) is 5.45. The van der Waals surface area contributed by atoms with Gasteiger partial charge >= 0.3 is 0 Å². The van der Waals surface area contributed by atoms with Crippen LogP contribution in [0.5, 0.6) is 5.75 Å². The van der Waals surface area contributed by atoms with Crippen LogP contribution in [0.4, 0.5) is 0 Å². The molecule has 0 saturated carbocycles. The van der Waals surface area contributed by atoms with E-state index in [1.54, 1.807) is 7.11 Å². The maximum atomic E-state index is 11.8. The van der Waals surface area contributed by atoms with Crippen molar-refractivity contribution >= 4 is 9.84 Å². The Balaban J connectivity index is 1.79. The van der Waals surface area contributed by atoms with E-state index in [4.69, 9.17) is 4.74 Å². The van der Waals surface area contributed by atoms with Crippen molar-refractivity contribution in [1.29, 1.82) is 0 Å². The van der Waals surface area contributed by atoms with Gasteiger partial charge in [-0.15, -0.1) is 0 Å². The summed E-state index contributed by atoms with van der Waals surface area (Å²) in [6, 6.07) is 16.6. The lowest BCUT2D eigenvalue weighted by atomic mass is 10.0. The van der Waals surface area contributed by atoms with Crippen molar-refractivity contribution in [2.45, 2.75) is 25.9 Å². The zero-order valence-corrected chi connectivity index (χ0v) is 15.6. The fourth-order valence-electron chi connectivity index (χ4n) is 3.45. The average Bonchev–Trinajstić information content (AvgIpc) is 2.99. The van der Waals surface area contributed by atoms with Crippen molar-refractivity contribution in [2.24, 2.45) is 0 Å². The Morgan fingerprint density at radius 2 is 1.84 bits per heavy atom. The lowest BCUT2D eigenvalue weighted by Crippen LogP contribution is -2.35. The molecule has 0 amide bonds. The SMILES string of the molecule is CCN(Cc1cccc(-c2cccc(OC)c2)c1)[C@@H]1CCS(=O)(=O)C1. The molecule has 0 bridgehead atoms. The summed E-state index contributed by atoms with van der Waals surface area (Å²) in [4.78, 5) is 2.27. The van der Waals surface area contributed by atoms with E-state index in [1.165, 1.54) is 5.56 Å². The van der Waals surface area contributed by atoms with Gasteiger partial charge in [0.2, 0.25) is 0 Å². The number of benzene rings is 2. The smallest absolute Gasteiger partial charge is 0.151 e. The molecule has 0 aromatic heterocycles. The van der Waals surface area contributed by atoms with E-state index in [9.17, 15) is 8.42 Å². The van der Waals surface area contributed by atoms with Gasteiger partial charge in [0.1, 0.15) is 5.75 Å².